The minimum Gasteiger partial charge on any atom is -0.490 e. The molecule has 6 nitrogen and oxygen atoms in total. The number of aromatic nitrogens is 3. The van der Waals surface area contributed by atoms with Crippen molar-refractivity contribution >= 4 is 30.0 Å². The number of aromatic amines is 1. The van der Waals surface area contributed by atoms with E-state index < -0.39 is 0 Å². The lowest BCUT2D eigenvalue weighted by atomic mass is 10.2. The highest BCUT2D eigenvalue weighted by Gasteiger charge is 2.10. The van der Waals surface area contributed by atoms with Crippen molar-refractivity contribution in [3.63, 3.8) is 0 Å². The van der Waals surface area contributed by atoms with Gasteiger partial charge in [-0.1, -0.05) is 60.1 Å². The Hall–Kier alpha value is -3.42. The Morgan fingerprint density at radius 2 is 1.81 bits per heavy atom. The molecule has 8 heteroatoms. The van der Waals surface area contributed by atoms with Gasteiger partial charge in [-0.2, -0.15) is 14.9 Å². The maximum Gasteiger partial charge on any atom is 0.216 e. The Balaban J connectivity index is 1.57. The first kappa shape index (κ1) is 21.8. The Labute approximate surface area is 196 Å². The molecule has 0 atom stereocenters. The highest BCUT2D eigenvalue weighted by molar-refractivity contribution is 7.71. The van der Waals surface area contributed by atoms with E-state index in [1.54, 1.807) is 10.9 Å². The third-order valence-corrected chi connectivity index (χ3v) is 5.25. The van der Waals surface area contributed by atoms with Crippen molar-refractivity contribution in [1.82, 2.24) is 14.9 Å². The Bertz CT molecular complexity index is 1280. The molecule has 0 spiro atoms. The molecular formula is C24H21ClN4O2S. The third-order valence-electron chi connectivity index (χ3n) is 4.61. The second-order valence-electron chi connectivity index (χ2n) is 6.79. The summed E-state index contributed by atoms with van der Waals surface area (Å²) in [5.41, 5.74) is 2.65. The zero-order chi connectivity index (χ0) is 22.3. The first-order valence-corrected chi connectivity index (χ1v) is 10.8. The van der Waals surface area contributed by atoms with Gasteiger partial charge in [0.25, 0.3) is 0 Å². The summed E-state index contributed by atoms with van der Waals surface area (Å²) in [6.45, 7) is 2.78. The van der Waals surface area contributed by atoms with E-state index in [9.17, 15) is 0 Å². The van der Waals surface area contributed by atoms with Crippen LogP contribution in [0.2, 0.25) is 5.02 Å². The molecule has 4 rings (SSSR count). The highest BCUT2D eigenvalue weighted by atomic mass is 35.5. The van der Waals surface area contributed by atoms with Crippen molar-refractivity contribution in [3.05, 3.63) is 93.7 Å². The Morgan fingerprint density at radius 1 is 1.03 bits per heavy atom. The monoisotopic (exact) mass is 464 g/mol. The Kier molecular flexibility index (Phi) is 6.99. The fourth-order valence-electron chi connectivity index (χ4n) is 3.06. The first-order valence-electron chi connectivity index (χ1n) is 10.1. The summed E-state index contributed by atoms with van der Waals surface area (Å²) in [6.07, 6.45) is 1.71. The summed E-state index contributed by atoms with van der Waals surface area (Å²) >= 11 is 11.6. The molecule has 0 unspecified atom stereocenters. The largest absolute Gasteiger partial charge is 0.490 e. The molecule has 0 aliphatic rings. The van der Waals surface area contributed by atoms with Crippen LogP contribution in [0.5, 0.6) is 11.5 Å². The maximum atomic E-state index is 6.23. The van der Waals surface area contributed by atoms with Crippen LogP contribution in [0.25, 0.3) is 11.4 Å². The van der Waals surface area contributed by atoms with Gasteiger partial charge in [-0.25, -0.2) is 5.10 Å². The van der Waals surface area contributed by atoms with Crippen molar-refractivity contribution in [3.8, 4) is 22.9 Å². The van der Waals surface area contributed by atoms with Gasteiger partial charge in [-0.15, -0.1) is 0 Å². The van der Waals surface area contributed by atoms with Gasteiger partial charge < -0.3 is 9.47 Å². The number of hydrogen-bond acceptors (Lipinski definition) is 5. The van der Waals surface area contributed by atoms with Crippen LogP contribution >= 0.6 is 23.8 Å². The van der Waals surface area contributed by atoms with Crippen LogP contribution in [0, 0.1) is 4.77 Å². The minimum absolute atomic E-state index is 0.345. The van der Waals surface area contributed by atoms with Gasteiger partial charge in [-0.05, 0) is 49.0 Å². The van der Waals surface area contributed by atoms with Crippen molar-refractivity contribution < 1.29 is 9.47 Å². The number of H-pyrrole nitrogens is 1. The summed E-state index contributed by atoms with van der Waals surface area (Å²) in [7, 11) is 0. The fourth-order valence-corrected chi connectivity index (χ4v) is 3.43. The summed E-state index contributed by atoms with van der Waals surface area (Å²) in [5, 5.41) is 12.3. The van der Waals surface area contributed by atoms with E-state index in [2.05, 4.69) is 15.3 Å². The first-order chi connectivity index (χ1) is 15.7. The molecule has 32 heavy (non-hydrogen) atoms. The summed E-state index contributed by atoms with van der Waals surface area (Å²) in [4.78, 5) is 0. The second kappa shape index (κ2) is 10.3. The molecule has 0 aliphatic heterocycles. The lowest BCUT2D eigenvalue weighted by molar-refractivity contribution is 0.269. The molecule has 0 saturated carbocycles. The van der Waals surface area contributed by atoms with Crippen molar-refractivity contribution in [1.29, 1.82) is 0 Å². The lowest BCUT2D eigenvalue weighted by Gasteiger charge is -2.13. The van der Waals surface area contributed by atoms with Crippen LogP contribution in [0.1, 0.15) is 18.1 Å². The lowest BCUT2D eigenvalue weighted by Crippen LogP contribution is -2.01. The molecule has 1 heterocycles. The average molecular weight is 465 g/mol. The standard InChI is InChI=1S/C24H21ClN4O2S/c1-2-30-22-14-17(12-13-21(22)31-16-19-10-6-7-11-20(19)25)15-26-29-23(27-28-24(29)32)18-8-4-3-5-9-18/h3-15H,2,16H2,1H3,(H,28,32)/b26-15-. The highest BCUT2D eigenvalue weighted by Crippen LogP contribution is 2.30. The topological polar surface area (TPSA) is 64.4 Å². The van der Waals surface area contributed by atoms with Gasteiger partial charge in [0.1, 0.15) is 6.61 Å². The number of ether oxygens (including phenoxy) is 2. The predicted molar refractivity (Wildman–Crippen MR) is 129 cm³/mol. The number of benzene rings is 3. The number of nitrogens with one attached hydrogen (secondary N) is 1. The van der Waals surface area contributed by atoms with E-state index in [4.69, 9.17) is 33.3 Å². The number of rotatable bonds is 8. The molecule has 162 valence electrons. The van der Waals surface area contributed by atoms with Gasteiger partial charge in [0.2, 0.25) is 4.77 Å². The van der Waals surface area contributed by atoms with Gasteiger partial charge in [0.15, 0.2) is 17.3 Å². The van der Waals surface area contributed by atoms with Gasteiger partial charge >= 0.3 is 0 Å². The van der Waals surface area contributed by atoms with E-state index in [0.717, 1.165) is 16.7 Å². The van der Waals surface area contributed by atoms with Crippen LogP contribution in [-0.4, -0.2) is 27.7 Å². The molecular weight excluding hydrogens is 444 g/mol. The van der Waals surface area contributed by atoms with E-state index in [-0.39, 0.29) is 0 Å². The van der Waals surface area contributed by atoms with Gasteiger partial charge in [-0.3, -0.25) is 0 Å². The van der Waals surface area contributed by atoms with Crippen LogP contribution in [0.3, 0.4) is 0 Å². The van der Waals surface area contributed by atoms with E-state index in [1.165, 1.54) is 0 Å². The van der Waals surface area contributed by atoms with E-state index in [1.807, 2.05) is 79.7 Å². The molecule has 3 aromatic carbocycles. The molecule has 4 aromatic rings. The number of halogens is 1. The molecule has 0 bridgehead atoms. The van der Waals surface area contributed by atoms with E-state index >= 15 is 0 Å². The molecule has 0 radical (unpaired) electrons. The predicted octanol–water partition coefficient (Wildman–Crippen LogP) is 6.12. The SMILES string of the molecule is CCOc1cc(/C=N\n2c(-c3ccccc3)n[nH]c2=S)ccc1OCc1ccccc1Cl. The van der Waals surface area contributed by atoms with Crippen molar-refractivity contribution in [2.24, 2.45) is 5.10 Å². The van der Waals surface area contributed by atoms with Crippen LogP contribution in [0.15, 0.2) is 77.9 Å². The number of nitrogens with zero attached hydrogens (tertiary/aromatic N) is 3. The number of hydrogen-bond donors (Lipinski definition) is 1. The zero-order valence-corrected chi connectivity index (χ0v) is 18.9. The van der Waals surface area contributed by atoms with Gasteiger partial charge in [0, 0.05) is 16.1 Å². The smallest absolute Gasteiger partial charge is 0.216 e. The van der Waals surface area contributed by atoms with Crippen molar-refractivity contribution in [2.45, 2.75) is 13.5 Å². The van der Waals surface area contributed by atoms with Crippen molar-refractivity contribution in [2.75, 3.05) is 6.61 Å². The average Bonchev–Trinajstić information content (AvgIpc) is 3.19. The maximum absolute atomic E-state index is 6.23. The normalized spacial score (nSPS) is 11.1. The molecule has 0 aliphatic carbocycles. The van der Waals surface area contributed by atoms with Crippen LogP contribution in [-0.2, 0) is 6.61 Å². The van der Waals surface area contributed by atoms with Gasteiger partial charge in [0.05, 0.1) is 12.8 Å². The zero-order valence-electron chi connectivity index (χ0n) is 17.4. The molecule has 1 N–H and O–H groups in total. The summed E-state index contributed by atoms with van der Waals surface area (Å²) in [6, 6.07) is 23.0. The molecule has 1 aromatic heterocycles. The molecule has 0 fully saturated rings. The summed E-state index contributed by atoms with van der Waals surface area (Å²) < 4.78 is 13.7. The van der Waals surface area contributed by atoms with Crippen LogP contribution in [0.4, 0.5) is 0 Å². The van der Waals surface area contributed by atoms with E-state index in [0.29, 0.717) is 40.3 Å². The minimum atomic E-state index is 0.345. The summed E-state index contributed by atoms with van der Waals surface area (Å²) in [5.74, 6) is 1.90. The molecule has 0 amide bonds. The quantitative estimate of drug-likeness (QED) is 0.252. The Morgan fingerprint density at radius 3 is 2.59 bits per heavy atom. The second-order valence-corrected chi connectivity index (χ2v) is 7.59. The third kappa shape index (κ3) is 5.07. The molecule has 0 saturated heterocycles. The van der Waals surface area contributed by atoms with Crippen LogP contribution < -0.4 is 9.47 Å². The fraction of sp³-hybridized carbons (Fsp3) is 0.125.